The van der Waals surface area contributed by atoms with Gasteiger partial charge in [-0.05, 0) is 44.9 Å². The van der Waals surface area contributed by atoms with E-state index in [1.807, 2.05) is 0 Å². The van der Waals surface area contributed by atoms with E-state index < -0.39 is 56.2 Å². The molecule has 0 radical (unpaired) electrons. The average Bonchev–Trinajstić information content (AvgIpc) is 2.59. The van der Waals surface area contributed by atoms with E-state index in [1.165, 1.54) is 0 Å². The lowest BCUT2D eigenvalue weighted by molar-refractivity contribution is -0.181. The first kappa shape index (κ1) is 21.5. The van der Waals surface area contributed by atoms with Crippen LogP contribution in [0.5, 0.6) is 0 Å². The SMILES string of the molecule is CN[S+](=O)([O-])C1CCC(C(F)(F)F)CC1S(=O)C1=C(C(=O)O)CCCC1. The highest BCUT2D eigenvalue weighted by Gasteiger charge is 2.52. The maximum Gasteiger partial charge on any atom is 0.391 e. The van der Waals surface area contributed by atoms with Crippen LogP contribution >= 0.6 is 0 Å². The monoisotopic (exact) mass is 417 g/mol. The predicted octanol–water partition coefficient (Wildman–Crippen LogP) is 2.51. The first-order valence-electron chi connectivity index (χ1n) is 8.34. The Kier molecular flexibility index (Phi) is 6.68. The summed E-state index contributed by atoms with van der Waals surface area (Å²) in [6, 6.07) is 0. The summed E-state index contributed by atoms with van der Waals surface area (Å²) < 4.78 is 79.2. The van der Waals surface area contributed by atoms with E-state index >= 15 is 0 Å². The summed E-state index contributed by atoms with van der Waals surface area (Å²) in [4.78, 5) is 11.5. The number of aliphatic carboxylic acids is 1. The third kappa shape index (κ3) is 4.55. The highest BCUT2D eigenvalue weighted by molar-refractivity contribution is 7.98. The lowest BCUT2D eigenvalue weighted by Crippen LogP contribution is -2.51. The molecule has 5 unspecified atom stereocenters. The van der Waals surface area contributed by atoms with E-state index in [9.17, 15) is 36.0 Å². The fourth-order valence-electron chi connectivity index (χ4n) is 3.64. The second-order valence-corrected chi connectivity index (χ2v) is 10.4. The van der Waals surface area contributed by atoms with Crippen LogP contribution in [0.15, 0.2) is 10.5 Å². The standard InChI is InChI=1S/C15H22F3NO5S2/c1-19-26(23,24)13-7-6-9(15(16,17)18)8-12(13)25(22)11-5-3-2-4-10(11)14(20)21/h9,12-13H,2-8H2,1H3,(H2-,19,20,21,23,24). The first-order valence-corrected chi connectivity index (χ1v) is 11.1. The fraction of sp³-hybridized carbons (Fsp3) is 0.800. The number of nitrogens with one attached hydrogen (secondary N) is 1. The zero-order valence-electron chi connectivity index (χ0n) is 14.2. The maximum atomic E-state index is 13.2. The van der Waals surface area contributed by atoms with Crippen molar-refractivity contribution in [2.24, 2.45) is 5.92 Å². The van der Waals surface area contributed by atoms with Gasteiger partial charge in [0, 0.05) is 17.5 Å². The number of hydrogen-bond acceptors (Lipinski definition) is 4. The molecule has 2 aliphatic rings. The molecule has 6 nitrogen and oxygen atoms in total. The third-order valence-electron chi connectivity index (χ3n) is 5.07. The maximum absolute atomic E-state index is 13.2. The van der Waals surface area contributed by atoms with Gasteiger partial charge in [0.25, 0.3) is 0 Å². The molecule has 1 fully saturated rings. The largest absolute Gasteiger partial charge is 0.597 e. The van der Waals surface area contributed by atoms with Gasteiger partial charge in [-0.3, -0.25) is 4.21 Å². The van der Waals surface area contributed by atoms with Crippen LogP contribution in [0.3, 0.4) is 0 Å². The van der Waals surface area contributed by atoms with Crippen LogP contribution in [-0.4, -0.2) is 43.6 Å². The van der Waals surface area contributed by atoms with Gasteiger partial charge in [-0.15, -0.1) is 4.72 Å². The van der Waals surface area contributed by atoms with Crippen LogP contribution in [-0.2, 0) is 30.2 Å². The molecule has 0 aromatic heterocycles. The minimum atomic E-state index is -4.51. The van der Waals surface area contributed by atoms with Gasteiger partial charge in [0.2, 0.25) is 0 Å². The van der Waals surface area contributed by atoms with Crippen molar-refractivity contribution in [1.82, 2.24) is 4.72 Å². The quantitative estimate of drug-likeness (QED) is 0.669. The number of alkyl halides is 3. The van der Waals surface area contributed by atoms with E-state index in [2.05, 4.69) is 4.72 Å². The van der Waals surface area contributed by atoms with Crippen LogP contribution in [0.4, 0.5) is 13.2 Å². The van der Waals surface area contributed by atoms with Crippen LogP contribution in [0, 0.1) is 5.92 Å². The molecule has 26 heavy (non-hydrogen) atoms. The summed E-state index contributed by atoms with van der Waals surface area (Å²) in [5.74, 6) is -2.98. The number of carboxylic acids is 1. The topological polar surface area (TPSA) is 107 Å². The van der Waals surface area contributed by atoms with Gasteiger partial charge in [0.15, 0.2) is 5.25 Å². The summed E-state index contributed by atoms with van der Waals surface area (Å²) in [7, 11) is -4.88. The molecule has 0 saturated heterocycles. The molecule has 0 bridgehead atoms. The van der Waals surface area contributed by atoms with Gasteiger partial charge in [-0.2, -0.15) is 13.2 Å². The zero-order chi connectivity index (χ0) is 19.7. The van der Waals surface area contributed by atoms with Crippen molar-refractivity contribution in [3.05, 3.63) is 10.5 Å². The smallest absolute Gasteiger partial charge is 0.391 e. The number of sulfonamides is 1. The van der Waals surface area contributed by atoms with Crippen LogP contribution < -0.4 is 4.72 Å². The lowest BCUT2D eigenvalue weighted by Gasteiger charge is -2.38. The Morgan fingerprint density at radius 2 is 1.92 bits per heavy atom. The minimum absolute atomic E-state index is 0.0516. The fourth-order valence-corrected chi connectivity index (χ4v) is 7.60. The van der Waals surface area contributed by atoms with Gasteiger partial charge in [0.1, 0.15) is 10.4 Å². The first-order chi connectivity index (χ1) is 12.0. The van der Waals surface area contributed by atoms with Crippen molar-refractivity contribution < 1.29 is 36.0 Å². The van der Waals surface area contributed by atoms with Crippen molar-refractivity contribution in [2.75, 3.05) is 7.05 Å². The second-order valence-electron chi connectivity index (χ2n) is 6.59. The van der Waals surface area contributed by atoms with Crippen molar-refractivity contribution in [1.29, 1.82) is 0 Å². The number of allylic oxidation sites excluding steroid dienone is 1. The molecule has 150 valence electrons. The normalized spacial score (nSPS) is 31.3. The van der Waals surface area contributed by atoms with E-state index in [0.717, 1.165) is 7.05 Å². The van der Waals surface area contributed by atoms with Crippen molar-refractivity contribution in [2.45, 2.75) is 61.6 Å². The van der Waals surface area contributed by atoms with E-state index in [4.69, 9.17) is 0 Å². The molecule has 0 spiro atoms. The Hall–Kier alpha value is -0.780. The van der Waals surface area contributed by atoms with Gasteiger partial charge < -0.3 is 9.66 Å². The molecule has 5 atom stereocenters. The predicted molar refractivity (Wildman–Crippen MR) is 90.1 cm³/mol. The molecular weight excluding hydrogens is 395 g/mol. The molecule has 0 amide bonds. The Labute approximate surface area is 153 Å². The van der Waals surface area contributed by atoms with Gasteiger partial charge >= 0.3 is 12.1 Å². The molecule has 11 heteroatoms. The van der Waals surface area contributed by atoms with Gasteiger partial charge in [-0.1, -0.05) is 4.21 Å². The van der Waals surface area contributed by atoms with Crippen molar-refractivity contribution in [3.8, 4) is 0 Å². The summed E-state index contributed by atoms with van der Waals surface area (Å²) in [6.07, 6.45) is -4.14. The molecule has 0 aliphatic heterocycles. The highest BCUT2D eigenvalue weighted by Crippen LogP contribution is 2.43. The Morgan fingerprint density at radius 3 is 2.46 bits per heavy atom. The molecule has 2 rings (SSSR count). The number of carboxylic acid groups (broad SMARTS) is 1. The Morgan fingerprint density at radius 1 is 1.31 bits per heavy atom. The third-order valence-corrected chi connectivity index (χ3v) is 9.18. The average molecular weight is 417 g/mol. The number of carbonyl (C=O) groups is 1. The van der Waals surface area contributed by atoms with Gasteiger partial charge in [-0.25, -0.2) is 4.79 Å². The van der Waals surface area contributed by atoms with Crippen LogP contribution in [0.2, 0.25) is 0 Å². The number of hydrogen-bond donors (Lipinski definition) is 2. The van der Waals surface area contributed by atoms with Crippen molar-refractivity contribution in [3.63, 3.8) is 0 Å². The van der Waals surface area contributed by atoms with E-state index in [-0.39, 0.29) is 36.2 Å². The van der Waals surface area contributed by atoms with Gasteiger partial charge in [0.05, 0.1) is 22.0 Å². The summed E-state index contributed by atoms with van der Waals surface area (Å²) >= 11 is 0. The Balaban J connectivity index is 2.42. The summed E-state index contributed by atoms with van der Waals surface area (Å²) in [5, 5.41) is 6.78. The second kappa shape index (κ2) is 8.07. The van der Waals surface area contributed by atoms with E-state index in [0.29, 0.717) is 12.8 Å². The summed E-state index contributed by atoms with van der Waals surface area (Å²) in [5.41, 5.74) is -0.0516. The molecule has 0 aromatic carbocycles. The molecule has 0 aromatic rings. The molecule has 0 heterocycles. The lowest BCUT2D eigenvalue weighted by atomic mass is 9.88. The van der Waals surface area contributed by atoms with E-state index in [1.54, 1.807) is 0 Å². The Bertz CT molecular complexity index is 664. The number of rotatable bonds is 5. The summed E-state index contributed by atoms with van der Waals surface area (Å²) in [6.45, 7) is 0. The van der Waals surface area contributed by atoms with Crippen LogP contribution in [0.25, 0.3) is 0 Å². The molecular formula is C15H22F3NO5S2. The van der Waals surface area contributed by atoms with Crippen molar-refractivity contribution >= 4 is 27.2 Å². The number of halogens is 3. The zero-order valence-corrected chi connectivity index (χ0v) is 15.8. The highest BCUT2D eigenvalue weighted by atomic mass is 32.3. The van der Waals surface area contributed by atoms with Crippen LogP contribution in [0.1, 0.15) is 44.9 Å². The molecule has 1 saturated carbocycles. The minimum Gasteiger partial charge on any atom is -0.597 e. The molecule has 2 N–H and O–H groups in total. The molecule has 2 aliphatic carbocycles.